The first-order chi connectivity index (χ1) is 9.02. The number of nitrogens with zero attached hydrogens (tertiary/aromatic N) is 1. The largest absolute Gasteiger partial charge is 0.476 e. The van der Waals surface area contributed by atoms with E-state index in [1.165, 1.54) is 0 Å². The number of aromatic nitrogens is 1. The van der Waals surface area contributed by atoms with Crippen LogP contribution in [0.5, 0.6) is 5.95 Å². The standard InChI is InChI=1S/C12H9ClINO4/c1-2-18-12-9(11(16)17)15-10(19-12)7-5-6(13)3-4-8(7)14/h3-5H,2H2,1H3,(H,16,17). The SMILES string of the molecule is CCOc1oc(-c2cc(Cl)ccc2I)nc1C(=O)O. The molecule has 0 spiro atoms. The number of halogens is 2. The Hall–Kier alpha value is -1.28. The summed E-state index contributed by atoms with van der Waals surface area (Å²) in [5.74, 6) is -1.12. The third-order valence-electron chi connectivity index (χ3n) is 2.23. The van der Waals surface area contributed by atoms with E-state index in [0.29, 0.717) is 17.2 Å². The van der Waals surface area contributed by atoms with Crippen LogP contribution in [0.4, 0.5) is 0 Å². The third-order valence-corrected chi connectivity index (χ3v) is 3.41. The zero-order chi connectivity index (χ0) is 14.0. The van der Waals surface area contributed by atoms with Crippen molar-refractivity contribution >= 4 is 40.2 Å². The second kappa shape index (κ2) is 5.79. The molecule has 0 bridgehead atoms. The Bertz CT molecular complexity index is 626. The number of ether oxygens (including phenoxy) is 1. The highest BCUT2D eigenvalue weighted by molar-refractivity contribution is 14.1. The lowest BCUT2D eigenvalue weighted by molar-refractivity contribution is 0.0683. The summed E-state index contributed by atoms with van der Waals surface area (Å²) in [6.45, 7) is 2.03. The molecular weight excluding hydrogens is 384 g/mol. The van der Waals surface area contributed by atoms with Crippen molar-refractivity contribution < 1.29 is 19.1 Å². The zero-order valence-electron chi connectivity index (χ0n) is 9.81. The number of carboxylic acids is 1. The normalized spacial score (nSPS) is 10.5. The van der Waals surface area contributed by atoms with Gasteiger partial charge in [0.15, 0.2) is 0 Å². The number of rotatable bonds is 4. The minimum Gasteiger partial charge on any atom is -0.476 e. The van der Waals surface area contributed by atoms with Gasteiger partial charge in [0.25, 0.3) is 0 Å². The second-order valence-corrected chi connectivity index (χ2v) is 5.12. The van der Waals surface area contributed by atoms with E-state index in [9.17, 15) is 4.79 Å². The van der Waals surface area contributed by atoms with Gasteiger partial charge < -0.3 is 14.3 Å². The van der Waals surface area contributed by atoms with Crippen LogP contribution in [0.25, 0.3) is 11.5 Å². The lowest BCUT2D eigenvalue weighted by Gasteiger charge is -2.00. The van der Waals surface area contributed by atoms with Crippen LogP contribution in [-0.2, 0) is 0 Å². The summed E-state index contributed by atoms with van der Waals surface area (Å²) in [5.41, 5.74) is 0.383. The summed E-state index contributed by atoms with van der Waals surface area (Å²) in [5, 5.41) is 9.56. The number of hydrogen-bond donors (Lipinski definition) is 1. The summed E-state index contributed by atoms with van der Waals surface area (Å²) in [7, 11) is 0. The molecule has 5 nitrogen and oxygen atoms in total. The second-order valence-electron chi connectivity index (χ2n) is 3.52. The molecule has 1 aromatic heterocycles. The molecule has 0 saturated heterocycles. The maximum absolute atomic E-state index is 11.1. The van der Waals surface area contributed by atoms with Crippen LogP contribution in [0.3, 0.4) is 0 Å². The predicted molar refractivity (Wildman–Crippen MR) is 77.8 cm³/mol. The molecule has 0 atom stereocenters. The highest BCUT2D eigenvalue weighted by atomic mass is 127. The fourth-order valence-corrected chi connectivity index (χ4v) is 2.19. The Balaban J connectivity index is 2.53. The fraction of sp³-hybridized carbons (Fsp3) is 0.167. The molecule has 0 aliphatic carbocycles. The van der Waals surface area contributed by atoms with Crippen LogP contribution in [0.2, 0.25) is 5.02 Å². The van der Waals surface area contributed by atoms with Gasteiger partial charge in [0.2, 0.25) is 11.6 Å². The van der Waals surface area contributed by atoms with Crippen molar-refractivity contribution in [1.82, 2.24) is 4.98 Å². The van der Waals surface area contributed by atoms with Crippen LogP contribution in [0.1, 0.15) is 17.4 Å². The van der Waals surface area contributed by atoms with Gasteiger partial charge in [0.1, 0.15) is 0 Å². The van der Waals surface area contributed by atoms with Crippen molar-refractivity contribution in [1.29, 1.82) is 0 Å². The summed E-state index contributed by atoms with van der Waals surface area (Å²) in [6, 6.07) is 5.19. The summed E-state index contributed by atoms with van der Waals surface area (Å²) in [6.07, 6.45) is 0. The topological polar surface area (TPSA) is 72.6 Å². The number of carboxylic acid groups (broad SMARTS) is 1. The van der Waals surface area contributed by atoms with Crippen molar-refractivity contribution in [3.63, 3.8) is 0 Å². The molecule has 7 heteroatoms. The molecule has 2 rings (SSSR count). The zero-order valence-corrected chi connectivity index (χ0v) is 12.7. The Morgan fingerprint density at radius 3 is 2.95 bits per heavy atom. The Labute approximate surface area is 127 Å². The molecule has 0 aliphatic rings. The summed E-state index contributed by atoms with van der Waals surface area (Å²) in [4.78, 5) is 15.0. The van der Waals surface area contributed by atoms with Gasteiger partial charge in [-0.3, -0.25) is 0 Å². The van der Waals surface area contributed by atoms with Crippen LogP contribution in [0.15, 0.2) is 22.6 Å². The number of carbonyl (C=O) groups is 1. The minimum atomic E-state index is -1.20. The van der Waals surface area contributed by atoms with Crippen molar-refractivity contribution in [2.45, 2.75) is 6.92 Å². The minimum absolute atomic E-state index is 0.0965. The average molecular weight is 394 g/mol. The van der Waals surface area contributed by atoms with E-state index in [4.69, 9.17) is 25.9 Å². The molecule has 1 aromatic carbocycles. The maximum Gasteiger partial charge on any atom is 0.362 e. The molecule has 100 valence electrons. The molecular formula is C12H9ClINO4. The van der Waals surface area contributed by atoms with Gasteiger partial charge in [0, 0.05) is 8.59 Å². The van der Waals surface area contributed by atoms with Crippen molar-refractivity contribution in [3.05, 3.63) is 32.5 Å². The van der Waals surface area contributed by atoms with Crippen LogP contribution >= 0.6 is 34.2 Å². The quantitative estimate of drug-likeness (QED) is 0.802. The van der Waals surface area contributed by atoms with Gasteiger partial charge in [0.05, 0.1) is 12.2 Å². The van der Waals surface area contributed by atoms with E-state index in [1.807, 2.05) is 0 Å². The first-order valence-corrected chi connectivity index (χ1v) is 6.81. The van der Waals surface area contributed by atoms with Crippen LogP contribution < -0.4 is 4.74 Å². The molecule has 0 unspecified atom stereocenters. The predicted octanol–water partition coefficient (Wildman–Crippen LogP) is 3.70. The van der Waals surface area contributed by atoms with E-state index in [2.05, 4.69) is 27.6 Å². The van der Waals surface area contributed by atoms with E-state index in [1.54, 1.807) is 25.1 Å². The van der Waals surface area contributed by atoms with Gasteiger partial charge in [-0.15, -0.1) is 0 Å². The maximum atomic E-state index is 11.1. The van der Waals surface area contributed by atoms with Crippen molar-refractivity contribution in [3.8, 4) is 17.4 Å². The highest BCUT2D eigenvalue weighted by Crippen LogP contribution is 2.32. The van der Waals surface area contributed by atoms with E-state index in [-0.39, 0.29) is 17.5 Å². The van der Waals surface area contributed by atoms with Gasteiger partial charge in [-0.2, -0.15) is 4.98 Å². The Morgan fingerprint density at radius 2 is 2.32 bits per heavy atom. The summed E-state index contributed by atoms with van der Waals surface area (Å²) < 4.78 is 11.3. The van der Waals surface area contributed by atoms with E-state index in [0.717, 1.165) is 3.57 Å². The molecule has 0 saturated carbocycles. The molecule has 19 heavy (non-hydrogen) atoms. The number of oxazole rings is 1. The van der Waals surface area contributed by atoms with E-state index >= 15 is 0 Å². The van der Waals surface area contributed by atoms with E-state index < -0.39 is 5.97 Å². The lowest BCUT2D eigenvalue weighted by Crippen LogP contribution is -2.01. The first kappa shape index (κ1) is 14.1. The molecule has 0 radical (unpaired) electrons. The van der Waals surface area contributed by atoms with Gasteiger partial charge in [-0.05, 0) is 47.7 Å². The number of hydrogen-bond acceptors (Lipinski definition) is 4. The lowest BCUT2D eigenvalue weighted by atomic mass is 10.2. The highest BCUT2D eigenvalue weighted by Gasteiger charge is 2.22. The number of benzene rings is 1. The molecule has 0 amide bonds. The molecule has 1 N–H and O–H groups in total. The molecule has 1 heterocycles. The third kappa shape index (κ3) is 3.01. The van der Waals surface area contributed by atoms with Crippen molar-refractivity contribution in [2.24, 2.45) is 0 Å². The molecule has 2 aromatic rings. The monoisotopic (exact) mass is 393 g/mol. The first-order valence-electron chi connectivity index (χ1n) is 5.35. The molecule has 0 aliphatic heterocycles. The van der Waals surface area contributed by atoms with Gasteiger partial charge >= 0.3 is 11.9 Å². The van der Waals surface area contributed by atoms with Gasteiger partial charge in [-0.1, -0.05) is 11.6 Å². The van der Waals surface area contributed by atoms with Crippen molar-refractivity contribution in [2.75, 3.05) is 6.61 Å². The summed E-state index contributed by atoms with van der Waals surface area (Å²) >= 11 is 8.01. The van der Waals surface area contributed by atoms with Gasteiger partial charge in [-0.25, -0.2) is 4.79 Å². The Morgan fingerprint density at radius 1 is 1.58 bits per heavy atom. The smallest absolute Gasteiger partial charge is 0.362 e. The average Bonchev–Trinajstić information content (AvgIpc) is 2.77. The number of aromatic carboxylic acids is 1. The Kier molecular flexibility index (Phi) is 4.31. The van der Waals surface area contributed by atoms with Crippen LogP contribution in [0, 0.1) is 3.57 Å². The van der Waals surface area contributed by atoms with Crippen LogP contribution in [-0.4, -0.2) is 22.7 Å². The molecule has 0 fully saturated rings. The fourth-order valence-electron chi connectivity index (χ4n) is 1.45.